The van der Waals surface area contributed by atoms with E-state index in [0.717, 1.165) is 18.7 Å². The Hall–Kier alpha value is -2.08. The molecule has 126 valence electrons. The lowest BCUT2D eigenvalue weighted by atomic mass is 10.0. The van der Waals surface area contributed by atoms with Gasteiger partial charge in [-0.1, -0.05) is 23.7 Å². The van der Waals surface area contributed by atoms with Gasteiger partial charge in [0, 0.05) is 44.2 Å². The Bertz CT molecular complexity index is 641. The highest BCUT2D eigenvalue weighted by molar-refractivity contribution is 6.30. The lowest BCUT2D eigenvalue weighted by Crippen LogP contribution is -2.50. The third-order valence-corrected chi connectivity index (χ3v) is 4.47. The number of amides is 1. The number of rotatable bonds is 6. The van der Waals surface area contributed by atoms with Gasteiger partial charge >= 0.3 is 0 Å². The fourth-order valence-corrected chi connectivity index (χ4v) is 3.07. The molecule has 6 heteroatoms. The molecule has 0 radical (unpaired) electrons. The molecule has 1 amide bonds. The van der Waals surface area contributed by atoms with Crippen LogP contribution in [0.1, 0.15) is 18.4 Å². The number of nitriles is 2. The van der Waals surface area contributed by atoms with Gasteiger partial charge < -0.3 is 4.90 Å². The molecular formula is C18H21ClN4O. The lowest BCUT2D eigenvalue weighted by Gasteiger charge is -2.35. The van der Waals surface area contributed by atoms with E-state index in [1.807, 2.05) is 23.1 Å². The number of piperazine rings is 1. The number of carbonyl (C=O) groups is 1. The molecule has 1 aromatic rings. The van der Waals surface area contributed by atoms with Crippen molar-refractivity contribution >= 4 is 17.5 Å². The summed E-state index contributed by atoms with van der Waals surface area (Å²) < 4.78 is 0. The predicted molar refractivity (Wildman–Crippen MR) is 92.1 cm³/mol. The lowest BCUT2D eigenvalue weighted by molar-refractivity contribution is -0.132. The van der Waals surface area contributed by atoms with Crippen LogP contribution in [0.25, 0.3) is 0 Å². The average Bonchev–Trinajstić information content (AvgIpc) is 2.59. The Morgan fingerprint density at radius 3 is 2.62 bits per heavy atom. The number of hydrogen-bond donors (Lipinski definition) is 0. The molecule has 1 aliphatic heterocycles. The van der Waals surface area contributed by atoms with Crippen LogP contribution in [0.2, 0.25) is 5.02 Å². The number of carbonyl (C=O) groups excluding carboxylic acids is 1. The largest absolute Gasteiger partial charge is 0.340 e. The van der Waals surface area contributed by atoms with E-state index >= 15 is 0 Å². The van der Waals surface area contributed by atoms with Crippen molar-refractivity contribution in [3.8, 4) is 12.1 Å². The second-order valence-electron chi connectivity index (χ2n) is 6.01. The van der Waals surface area contributed by atoms with Gasteiger partial charge in [0.2, 0.25) is 5.91 Å². The first-order valence-corrected chi connectivity index (χ1v) is 8.51. The zero-order valence-electron chi connectivity index (χ0n) is 13.6. The van der Waals surface area contributed by atoms with Gasteiger partial charge in [-0.3, -0.25) is 9.69 Å². The van der Waals surface area contributed by atoms with E-state index in [4.69, 9.17) is 22.1 Å². The molecule has 0 N–H and O–H groups in total. The van der Waals surface area contributed by atoms with Crippen LogP contribution >= 0.6 is 11.6 Å². The third kappa shape index (κ3) is 5.53. The average molecular weight is 345 g/mol. The first-order chi connectivity index (χ1) is 11.6. The number of halogens is 1. The van der Waals surface area contributed by atoms with Crippen LogP contribution in [-0.4, -0.2) is 48.4 Å². The standard InChI is InChI=1S/C18H21ClN4O/c19-17-5-1-3-15(11-17)12-18(24)23-9-7-22(8-10-23)14-16(13-21)4-2-6-20/h1,3,5,11,16H,2,4,7-10,12,14H2. The zero-order chi connectivity index (χ0) is 17.4. The van der Waals surface area contributed by atoms with Crippen LogP contribution in [-0.2, 0) is 11.2 Å². The van der Waals surface area contributed by atoms with Gasteiger partial charge in [-0.15, -0.1) is 0 Å². The van der Waals surface area contributed by atoms with Crippen LogP contribution in [0.3, 0.4) is 0 Å². The molecule has 24 heavy (non-hydrogen) atoms. The van der Waals surface area contributed by atoms with Gasteiger partial charge in [0.05, 0.1) is 24.5 Å². The highest BCUT2D eigenvalue weighted by atomic mass is 35.5. The molecule has 1 aromatic carbocycles. The van der Waals surface area contributed by atoms with Gasteiger partial charge in [-0.25, -0.2) is 0 Å². The molecule has 0 aliphatic carbocycles. The van der Waals surface area contributed by atoms with Crippen LogP contribution in [0.4, 0.5) is 0 Å². The molecule has 1 aliphatic rings. The van der Waals surface area contributed by atoms with Crippen molar-refractivity contribution in [1.82, 2.24) is 9.80 Å². The van der Waals surface area contributed by atoms with Gasteiger partial charge in [0.25, 0.3) is 0 Å². The van der Waals surface area contributed by atoms with Crippen molar-refractivity contribution in [2.45, 2.75) is 19.3 Å². The third-order valence-electron chi connectivity index (χ3n) is 4.24. The maximum Gasteiger partial charge on any atom is 0.227 e. The molecule has 1 heterocycles. The summed E-state index contributed by atoms with van der Waals surface area (Å²) in [5.74, 6) is -0.00316. The van der Waals surface area contributed by atoms with Gasteiger partial charge in [0.15, 0.2) is 0 Å². The molecule has 0 saturated carbocycles. The summed E-state index contributed by atoms with van der Waals surface area (Å²) in [7, 11) is 0. The Morgan fingerprint density at radius 2 is 2.00 bits per heavy atom. The van der Waals surface area contributed by atoms with Crippen LogP contribution in [0.15, 0.2) is 24.3 Å². The van der Waals surface area contributed by atoms with Gasteiger partial charge in [0.1, 0.15) is 0 Å². The van der Waals surface area contributed by atoms with Crippen molar-refractivity contribution in [3.63, 3.8) is 0 Å². The monoisotopic (exact) mass is 344 g/mol. The maximum absolute atomic E-state index is 12.4. The van der Waals surface area contributed by atoms with E-state index < -0.39 is 0 Å². The minimum absolute atomic E-state index is 0.109. The predicted octanol–water partition coefficient (Wildman–Crippen LogP) is 2.47. The summed E-state index contributed by atoms with van der Waals surface area (Å²) in [5.41, 5.74) is 0.927. The zero-order valence-corrected chi connectivity index (χ0v) is 14.4. The summed E-state index contributed by atoms with van der Waals surface area (Å²) in [5, 5.41) is 18.4. The molecule has 1 atom stereocenters. The second-order valence-corrected chi connectivity index (χ2v) is 6.45. The van der Waals surface area contributed by atoms with Crippen molar-refractivity contribution in [2.75, 3.05) is 32.7 Å². The normalized spacial score (nSPS) is 16.2. The summed E-state index contributed by atoms with van der Waals surface area (Å²) in [6.07, 6.45) is 1.39. The van der Waals surface area contributed by atoms with Crippen molar-refractivity contribution in [1.29, 1.82) is 10.5 Å². The smallest absolute Gasteiger partial charge is 0.227 e. The molecule has 0 bridgehead atoms. The fraction of sp³-hybridized carbons (Fsp3) is 0.500. The van der Waals surface area contributed by atoms with E-state index in [-0.39, 0.29) is 11.8 Å². The molecule has 0 aromatic heterocycles. The van der Waals surface area contributed by atoms with Crippen LogP contribution in [0.5, 0.6) is 0 Å². The number of benzene rings is 1. The Morgan fingerprint density at radius 1 is 1.25 bits per heavy atom. The Balaban J connectivity index is 1.78. The van der Waals surface area contributed by atoms with E-state index in [1.54, 1.807) is 6.07 Å². The second kappa shape index (κ2) is 9.27. The van der Waals surface area contributed by atoms with Crippen molar-refractivity contribution in [2.24, 2.45) is 5.92 Å². The topological polar surface area (TPSA) is 71.1 Å². The minimum atomic E-state index is -0.113. The molecule has 5 nitrogen and oxygen atoms in total. The highest BCUT2D eigenvalue weighted by Gasteiger charge is 2.23. The highest BCUT2D eigenvalue weighted by Crippen LogP contribution is 2.14. The molecule has 1 saturated heterocycles. The van der Waals surface area contributed by atoms with Crippen molar-refractivity contribution in [3.05, 3.63) is 34.9 Å². The van der Waals surface area contributed by atoms with E-state index in [9.17, 15) is 4.79 Å². The maximum atomic E-state index is 12.4. The van der Waals surface area contributed by atoms with E-state index in [1.165, 1.54) is 0 Å². The summed E-state index contributed by atoms with van der Waals surface area (Å²) in [6, 6.07) is 11.7. The molecule has 1 fully saturated rings. The first-order valence-electron chi connectivity index (χ1n) is 8.13. The summed E-state index contributed by atoms with van der Waals surface area (Å²) in [6.45, 7) is 3.57. The summed E-state index contributed by atoms with van der Waals surface area (Å²) >= 11 is 5.95. The number of nitrogens with zero attached hydrogens (tertiary/aromatic N) is 4. The minimum Gasteiger partial charge on any atom is -0.340 e. The molecule has 2 rings (SSSR count). The van der Waals surface area contributed by atoms with Crippen LogP contribution in [0, 0.1) is 28.6 Å². The van der Waals surface area contributed by atoms with E-state index in [2.05, 4.69) is 17.0 Å². The van der Waals surface area contributed by atoms with Crippen LogP contribution < -0.4 is 0 Å². The SMILES string of the molecule is N#CCCC(C#N)CN1CCN(C(=O)Cc2cccc(Cl)c2)CC1. The van der Waals surface area contributed by atoms with Gasteiger partial charge in [-0.05, 0) is 24.1 Å². The molecule has 0 spiro atoms. The summed E-state index contributed by atoms with van der Waals surface area (Å²) in [4.78, 5) is 16.5. The first kappa shape index (κ1) is 18.3. The molecular weight excluding hydrogens is 324 g/mol. The fourth-order valence-electron chi connectivity index (χ4n) is 2.86. The van der Waals surface area contributed by atoms with E-state index in [0.29, 0.717) is 43.9 Å². The Kier molecular flexibility index (Phi) is 7.06. The van der Waals surface area contributed by atoms with Crippen molar-refractivity contribution < 1.29 is 4.79 Å². The quantitative estimate of drug-likeness (QED) is 0.794. The Labute approximate surface area is 148 Å². The molecule has 1 unspecified atom stereocenters. The number of hydrogen-bond acceptors (Lipinski definition) is 4. The van der Waals surface area contributed by atoms with Gasteiger partial charge in [-0.2, -0.15) is 10.5 Å².